The van der Waals surface area contributed by atoms with E-state index in [1.807, 2.05) is 0 Å². The summed E-state index contributed by atoms with van der Waals surface area (Å²) in [5.41, 5.74) is 1.11. The Balaban J connectivity index is 1.56. The van der Waals surface area contributed by atoms with E-state index in [0.29, 0.717) is 11.8 Å². The Hall–Kier alpha value is -1.57. The number of anilines is 2. The minimum absolute atomic E-state index is 0.198. The van der Waals surface area contributed by atoms with Gasteiger partial charge < -0.3 is 5.32 Å². The Bertz CT molecular complexity index is 559. The maximum atomic E-state index is 12.8. The lowest BCUT2D eigenvalue weighted by Crippen LogP contribution is -2.19. The van der Waals surface area contributed by atoms with Gasteiger partial charge in [0, 0.05) is 12.1 Å². The van der Waals surface area contributed by atoms with Crippen LogP contribution < -0.4 is 16.6 Å². The summed E-state index contributed by atoms with van der Waals surface area (Å²) < 4.78 is 38.4. The van der Waals surface area contributed by atoms with E-state index in [2.05, 4.69) is 20.7 Å². The Morgan fingerprint density at radius 3 is 2.38 bits per heavy atom. The Morgan fingerprint density at radius 1 is 1.14 bits per heavy atom. The van der Waals surface area contributed by atoms with Crippen LogP contribution in [-0.2, 0) is 6.18 Å². The molecule has 1 aromatic rings. The Labute approximate surface area is 119 Å². The van der Waals surface area contributed by atoms with Crippen molar-refractivity contribution in [2.24, 2.45) is 29.5 Å². The molecule has 0 amide bonds. The summed E-state index contributed by atoms with van der Waals surface area (Å²) in [6, 6.07) is 1.22. The van der Waals surface area contributed by atoms with Crippen molar-refractivity contribution in [2.45, 2.75) is 31.5 Å². The summed E-state index contributed by atoms with van der Waals surface area (Å²) in [5, 5.41) is 3.16. The summed E-state index contributed by atoms with van der Waals surface area (Å²) in [5.74, 6) is 7.84. The third-order valence-electron chi connectivity index (χ3n) is 5.20. The molecule has 0 radical (unpaired) electrons. The number of nitrogen functional groups attached to an aromatic ring is 1. The van der Waals surface area contributed by atoms with Gasteiger partial charge in [-0.3, -0.25) is 5.43 Å². The van der Waals surface area contributed by atoms with Crippen LogP contribution >= 0.6 is 0 Å². The van der Waals surface area contributed by atoms with Crippen molar-refractivity contribution in [3.05, 3.63) is 11.8 Å². The second-order valence-electron chi connectivity index (χ2n) is 6.26. The molecule has 3 aliphatic rings. The number of alkyl halides is 3. The number of rotatable bonds is 3. The highest BCUT2D eigenvalue weighted by Crippen LogP contribution is 2.66. The Kier molecular flexibility index (Phi) is 2.64. The maximum Gasteiger partial charge on any atom is 0.433 e. The number of fused-ring (bicyclic) bond motifs is 5. The van der Waals surface area contributed by atoms with E-state index in [1.165, 1.54) is 19.3 Å². The molecule has 0 aromatic carbocycles. The number of nitrogens with zero attached hydrogens (tertiary/aromatic N) is 2. The summed E-state index contributed by atoms with van der Waals surface area (Å²) in [6.07, 6.45) is -0.696. The predicted octanol–water partition coefficient (Wildman–Crippen LogP) is 2.24. The number of halogens is 3. The number of hydrogen-bond donors (Lipinski definition) is 3. The molecule has 1 heterocycles. The normalized spacial score (nSPS) is 36.5. The molecule has 3 fully saturated rings. The molecule has 4 unspecified atom stereocenters. The van der Waals surface area contributed by atoms with Crippen LogP contribution in [0.4, 0.5) is 24.9 Å². The lowest BCUT2D eigenvalue weighted by atomic mass is 10.0. The quantitative estimate of drug-likeness (QED) is 0.589. The molecule has 4 rings (SSSR count). The van der Waals surface area contributed by atoms with Gasteiger partial charge in [-0.2, -0.15) is 18.2 Å². The SMILES string of the molecule is NNc1nc(NC2C3C4CCC(C4)C23)cc(C(F)(F)F)n1. The predicted molar refractivity (Wildman–Crippen MR) is 70.1 cm³/mol. The zero-order chi connectivity index (χ0) is 14.8. The lowest BCUT2D eigenvalue weighted by Gasteiger charge is -2.14. The van der Waals surface area contributed by atoms with Crippen LogP contribution in [0.5, 0.6) is 0 Å². The van der Waals surface area contributed by atoms with E-state index < -0.39 is 11.9 Å². The standard InChI is InChI=1S/C13H16F3N5/c14-13(15,16)7-4-8(20-12(18-7)21-17)19-11-9-5-1-2-6(3-5)10(9)11/h4-6,9-11H,1-3,17H2,(H2,18,19,20,21). The van der Waals surface area contributed by atoms with Gasteiger partial charge in [0.05, 0.1) is 0 Å². The molecule has 1 aromatic heterocycles. The lowest BCUT2D eigenvalue weighted by molar-refractivity contribution is -0.141. The first-order chi connectivity index (χ1) is 9.97. The molecule has 3 saturated carbocycles. The van der Waals surface area contributed by atoms with Gasteiger partial charge in [-0.1, -0.05) is 0 Å². The second kappa shape index (κ2) is 4.22. The number of hydrazine groups is 1. The van der Waals surface area contributed by atoms with Crippen molar-refractivity contribution in [3.63, 3.8) is 0 Å². The van der Waals surface area contributed by atoms with E-state index in [0.717, 1.165) is 17.9 Å². The van der Waals surface area contributed by atoms with Crippen molar-refractivity contribution < 1.29 is 13.2 Å². The molecule has 0 spiro atoms. The summed E-state index contributed by atoms with van der Waals surface area (Å²) in [6.45, 7) is 0. The van der Waals surface area contributed by atoms with Crippen LogP contribution in [0.15, 0.2) is 6.07 Å². The van der Waals surface area contributed by atoms with E-state index >= 15 is 0 Å². The van der Waals surface area contributed by atoms with E-state index in [1.54, 1.807) is 0 Å². The van der Waals surface area contributed by atoms with Crippen LogP contribution in [0.3, 0.4) is 0 Å². The second-order valence-corrected chi connectivity index (χ2v) is 6.26. The third-order valence-corrected chi connectivity index (χ3v) is 5.20. The minimum atomic E-state index is -4.51. The van der Waals surface area contributed by atoms with Crippen LogP contribution in [0.1, 0.15) is 25.0 Å². The first-order valence-electron chi connectivity index (χ1n) is 7.17. The third kappa shape index (κ3) is 2.04. The highest BCUT2D eigenvalue weighted by Gasteiger charge is 2.65. The molecule has 3 aliphatic carbocycles. The molecule has 4 atom stereocenters. The average Bonchev–Trinajstić information content (AvgIpc) is 2.84. The van der Waals surface area contributed by atoms with Gasteiger partial charge in [0.25, 0.3) is 0 Å². The maximum absolute atomic E-state index is 12.8. The van der Waals surface area contributed by atoms with Gasteiger partial charge in [-0.25, -0.2) is 10.8 Å². The summed E-state index contributed by atoms with van der Waals surface area (Å²) in [4.78, 5) is 7.34. The molecule has 0 saturated heterocycles. The van der Waals surface area contributed by atoms with Crippen LogP contribution in [0, 0.1) is 23.7 Å². The molecular formula is C13H16F3N5. The highest BCUT2D eigenvalue weighted by atomic mass is 19.4. The molecule has 114 valence electrons. The molecule has 8 heteroatoms. The van der Waals surface area contributed by atoms with Gasteiger partial charge >= 0.3 is 6.18 Å². The first-order valence-corrected chi connectivity index (χ1v) is 7.17. The minimum Gasteiger partial charge on any atom is -0.367 e. The molecular weight excluding hydrogens is 283 g/mol. The fraction of sp³-hybridized carbons (Fsp3) is 0.692. The smallest absolute Gasteiger partial charge is 0.367 e. The van der Waals surface area contributed by atoms with Gasteiger partial charge in [0.15, 0.2) is 5.69 Å². The molecule has 4 N–H and O–H groups in total. The molecule has 21 heavy (non-hydrogen) atoms. The zero-order valence-corrected chi connectivity index (χ0v) is 11.2. The van der Waals surface area contributed by atoms with E-state index in [4.69, 9.17) is 5.84 Å². The van der Waals surface area contributed by atoms with Crippen molar-refractivity contribution >= 4 is 11.8 Å². The van der Waals surface area contributed by atoms with Gasteiger partial charge in [-0.15, -0.1) is 0 Å². The van der Waals surface area contributed by atoms with Crippen molar-refractivity contribution in [3.8, 4) is 0 Å². The van der Waals surface area contributed by atoms with Crippen molar-refractivity contribution in [1.82, 2.24) is 9.97 Å². The highest BCUT2D eigenvalue weighted by molar-refractivity contribution is 5.46. The average molecular weight is 299 g/mol. The molecule has 5 nitrogen and oxygen atoms in total. The number of nitrogens with one attached hydrogen (secondary N) is 2. The topological polar surface area (TPSA) is 75.9 Å². The van der Waals surface area contributed by atoms with Gasteiger partial charge in [0.1, 0.15) is 5.82 Å². The first kappa shape index (κ1) is 13.1. The van der Waals surface area contributed by atoms with Gasteiger partial charge in [0.2, 0.25) is 5.95 Å². The zero-order valence-electron chi connectivity index (χ0n) is 11.2. The van der Waals surface area contributed by atoms with Crippen LogP contribution in [-0.4, -0.2) is 16.0 Å². The number of hydrogen-bond acceptors (Lipinski definition) is 5. The largest absolute Gasteiger partial charge is 0.433 e. The van der Waals surface area contributed by atoms with Gasteiger partial charge in [-0.05, 0) is 42.9 Å². The van der Waals surface area contributed by atoms with Crippen molar-refractivity contribution in [1.29, 1.82) is 0 Å². The van der Waals surface area contributed by atoms with Crippen LogP contribution in [0.2, 0.25) is 0 Å². The Morgan fingerprint density at radius 2 is 1.81 bits per heavy atom. The molecule has 0 aliphatic heterocycles. The summed E-state index contributed by atoms with van der Waals surface area (Å²) in [7, 11) is 0. The fourth-order valence-electron chi connectivity index (χ4n) is 4.42. The molecule has 2 bridgehead atoms. The number of nitrogens with two attached hydrogens (primary N) is 1. The van der Waals surface area contributed by atoms with Crippen LogP contribution in [0.25, 0.3) is 0 Å². The summed E-state index contributed by atoms with van der Waals surface area (Å²) >= 11 is 0. The number of aromatic nitrogens is 2. The fourth-order valence-corrected chi connectivity index (χ4v) is 4.42. The monoisotopic (exact) mass is 299 g/mol. The van der Waals surface area contributed by atoms with E-state index in [-0.39, 0.29) is 17.8 Å². The van der Waals surface area contributed by atoms with E-state index in [9.17, 15) is 13.2 Å². The van der Waals surface area contributed by atoms with Crippen molar-refractivity contribution in [2.75, 3.05) is 10.7 Å².